The number of methoxy groups -OCH3 is 2. The number of carbonyl (C=O) groups excluding carboxylic acids is 2. The number of carbonyl (C=O) groups is 2. The summed E-state index contributed by atoms with van der Waals surface area (Å²) in [5, 5.41) is 0.0787. The average molecular weight is 684 g/mol. The molecule has 0 aliphatic heterocycles. The summed E-state index contributed by atoms with van der Waals surface area (Å²) in [5.41, 5.74) is 2.02. The van der Waals surface area contributed by atoms with Crippen LogP contribution in [0.25, 0.3) is 11.1 Å². The maximum Gasteiger partial charge on any atom is 0.355 e. The Morgan fingerprint density at radius 1 is 0.898 bits per heavy atom. The van der Waals surface area contributed by atoms with Crippen LogP contribution in [0.5, 0.6) is 5.88 Å². The van der Waals surface area contributed by atoms with Gasteiger partial charge in [-0.15, -0.1) is 0 Å². The molecular weight excluding hydrogens is 638 g/mol. The number of esters is 2. The van der Waals surface area contributed by atoms with E-state index in [2.05, 4.69) is 37.9 Å². The molecule has 49 heavy (non-hydrogen) atoms. The van der Waals surface area contributed by atoms with Crippen molar-refractivity contribution in [3.05, 3.63) is 118 Å². The smallest absolute Gasteiger partial charge is 0.355 e. The maximum absolute atomic E-state index is 14.9. The molecule has 0 spiro atoms. The molecule has 8 heteroatoms. The van der Waals surface area contributed by atoms with Gasteiger partial charge < -0.3 is 18.9 Å². The molecular formula is C41H46ClNO6. The zero-order chi connectivity index (χ0) is 35.2. The molecule has 1 unspecified atom stereocenters. The van der Waals surface area contributed by atoms with Gasteiger partial charge in [0.05, 0.1) is 19.3 Å². The lowest BCUT2D eigenvalue weighted by Gasteiger charge is -2.45. The molecule has 5 rings (SSSR count). The third kappa shape index (κ3) is 7.68. The first-order valence-corrected chi connectivity index (χ1v) is 17.3. The number of nitrogens with zero attached hydrogens (tertiary/aromatic N) is 1. The number of halogens is 1. The van der Waals surface area contributed by atoms with E-state index in [9.17, 15) is 9.59 Å². The Hall–Kier alpha value is -4.20. The highest BCUT2D eigenvalue weighted by Crippen LogP contribution is 2.46. The van der Waals surface area contributed by atoms with Crippen molar-refractivity contribution in [3.63, 3.8) is 0 Å². The minimum Gasteiger partial charge on any atom is -0.481 e. The minimum absolute atomic E-state index is 0.0276. The van der Waals surface area contributed by atoms with Crippen LogP contribution in [0, 0.1) is 11.8 Å². The van der Waals surface area contributed by atoms with Crippen molar-refractivity contribution in [2.24, 2.45) is 11.8 Å². The predicted octanol–water partition coefficient (Wildman–Crippen LogP) is 9.35. The van der Waals surface area contributed by atoms with E-state index in [0.29, 0.717) is 29.0 Å². The molecule has 0 bridgehead atoms. The summed E-state index contributed by atoms with van der Waals surface area (Å²) in [6.45, 7) is 8.42. The first-order valence-electron chi connectivity index (χ1n) is 16.9. The van der Waals surface area contributed by atoms with Gasteiger partial charge in [-0.2, -0.15) is 0 Å². The molecule has 1 fully saturated rings. The van der Waals surface area contributed by atoms with Crippen LogP contribution >= 0.6 is 11.6 Å². The lowest BCUT2D eigenvalue weighted by molar-refractivity contribution is -0.181. The van der Waals surface area contributed by atoms with Gasteiger partial charge in [0.2, 0.25) is 11.5 Å². The Morgan fingerprint density at radius 3 is 2.14 bits per heavy atom. The zero-order valence-corrected chi connectivity index (χ0v) is 30.0. The lowest BCUT2D eigenvalue weighted by atomic mass is 9.64. The fourth-order valence-electron chi connectivity index (χ4n) is 7.19. The average Bonchev–Trinajstić information content (AvgIpc) is 3.12. The van der Waals surface area contributed by atoms with Crippen LogP contribution in [0.1, 0.15) is 80.4 Å². The van der Waals surface area contributed by atoms with Crippen LogP contribution in [0.4, 0.5) is 0 Å². The van der Waals surface area contributed by atoms with Gasteiger partial charge in [-0.3, -0.25) is 0 Å². The van der Waals surface area contributed by atoms with Crippen molar-refractivity contribution in [1.82, 2.24) is 4.98 Å². The molecule has 1 aliphatic rings. The zero-order valence-electron chi connectivity index (χ0n) is 29.2. The van der Waals surface area contributed by atoms with E-state index in [1.807, 2.05) is 60.7 Å². The van der Waals surface area contributed by atoms with Crippen molar-refractivity contribution in [1.29, 1.82) is 0 Å². The van der Waals surface area contributed by atoms with Crippen LogP contribution in [-0.2, 0) is 36.6 Å². The fraction of sp³-hybridized carbons (Fsp3) is 0.390. The van der Waals surface area contributed by atoms with Gasteiger partial charge in [0.15, 0.2) is 0 Å². The van der Waals surface area contributed by atoms with E-state index in [0.717, 1.165) is 24.0 Å². The number of ether oxygens (including phenoxy) is 4. The Kier molecular flexibility index (Phi) is 11.5. The quantitative estimate of drug-likeness (QED) is 0.109. The molecule has 258 valence electrons. The predicted molar refractivity (Wildman–Crippen MR) is 192 cm³/mol. The first-order chi connectivity index (χ1) is 23.5. The molecule has 1 aromatic heterocycles. The molecule has 1 saturated carbocycles. The summed E-state index contributed by atoms with van der Waals surface area (Å²) in [6.07, 6.45) is 2.24. The number of aromatic nitrogens is 1. The van der Waals surface area contributed by atoms with Gasteiger partial charge in [0, 0.05) is 24.2 Å². The molecule has 7 nitrogen and oxygen atoms in total. The summed E-state index contributed by atoms with van der Waals surface area (Å²) in [4.78, 5) is 33.3. The monoisotopic (exact) mass is 683 g/mol. The summed E-state index contributed by atoms with van der Waals surface area (Å²) >= 11 is 6.54. The van der Waals surface area contributed by atoms with Gasteiger partial charge in [-0.25, -0.2) is 14.6 Å². The van der Waals surface area contributed by atoms with Gasteiger partial charge in [-0.1, -0.05) is 119 Å². The number of pyridine rings is 1. The van der Waals surface area contributed by atoms with Crippen molar-refractivity contribution in [2.75, 3.05) is 14.2 Å². The summed E-state index contributed by atoms with van der Waals surface area (Å²) < 4.78 is 24.1. The van der Waals surface area contributed by atoms with Gasteiger partial charge in [-0.05, 0) is 65.5 Å². The standard InChI is InChI=1S/C41H46ClNO6/c1-7-41(34-25-36(42)43-37(47-6)32(34)26-46-5,49-38(44)30-21-19-29(20-22-30)28-14-10-8-11-15-28)39(45)48-35-24-27(2)18-23-33(35)40(3,4)31-16-12-9-13-17-31/h8-17,19-22,25,27,33,35H,7,18,23-24,26H2,1-6H3/t27-,33-,35+,41?/m1/s1. The first kappa shape index (κ1) is 36.1. The van der Waals surface area contributed by atoms with Gasteiger partial charge in [0.25, 0.3) is 0 Å². The van der Waals surface area contributed by atoms with Crippen LogP contribution in [0.2, 0.25) is 5.15 Å². The molecule has 3 aromatic carbocycles. The van der Waals surface area contributed by atoms with Gasteiger partial charge in [0.1, 0.15) is 11.3 Å². The molecule has 1 aliphatic carbocycles. The van der Waals surface area contributed by atoms with Crippen molar-refractivity contribution >= 4 is 23.5 Å². The van der Waals surface area contributed by atoms with E-state index in [1.165, 1.54) is 19.8 Å². The topological polar surface area (TPSA) is 84.0 Å². The van der Waals surface area contributed by atoms with Crippen LogP contribution in [0.3, 0.4) is 0 Å². The van der Waals surface area contributed by atoms with E-state index in [-0.39, 0.29) is 35.4 Å². The number of benzene rings is 3. The second-order valence-electron chi connectivity index (χ2n) is 13.5. The van der Waals surface area contributed by atoms with E-state index in [4.69, 9.17) is 30.5 Å². The molecule has 0 saturated heterocycles. The number of hydrogen-bond acceptors (Lipinski definition) is 7. The molecule has 4 atom stereocenters. The van der Waals surface area contributed by atoms with E-state index < -0.39 is 23.6 Å². The Bertz CT molecular complexity index is 1730. The summed E-state index contributed by atoms with van der Waals surface area (Å²) in [5.74, 6) is -0.792. The SMILES string of the molecule is CCC(OC(=O)c1ccc(-c2ccccc2)cc1)(C(=O)O[C@H]1C[C@H](C)CC[C@H]1C(C)(C)c1ccccc1)c1cc(Cl)nc(OC)c1COC. The van der Waals surface area contributed by atoms with E-state index in [1.54, 1.807) is 25.1 Å². The highest BCUT2D eigenvalue weighted by atomic mass is 35.5. The van der Waals surface area contributed by atoms with Crippen molar-refractivity contribution in [2.45, 2.75) is 77.1 Å². The summed E-state index contributed by atoms with van der Waals surface area (Å²) in [7, 11) is 3.00. The number of hydrogen-bond donors (Lipinski definition) is 0. The second-order valence-corrected chi connectivity index (χ2v) is 13.9. The van der Waals surface area contributed by atoms with Gasteiger partial charge >= 0.3 is 11.9 Å². The van der Waals surface area contributed by atoms with Crippen LogP contribution in [-0.4, -0.2) is 37.2 Å². The van der Waals surface area contributed by atoms with Crippen LogP contribution in [0.15, 0.2) is 91.0 Å². The molecule has 0 N–H and O–H groups in total. The van der Waals surface area contributed by atoms with E-state index >= 15 is 0 Å². The molecule has 4 aromatic rings. The largest absolute Gasteiger partial charge is 0.481 e. The van der Waals surface area contributed by atoms with Crippen molar-refractivity contribution in [3.8, 4) is 17.0 Å². The third-order valence-corrected chi connectivity index (χ3v) is 10.2. The lowest BCUT2D eigenvalue weighted by Crippen LogP contribution is -2.48. The third-order valence-electron chi connectivity index (χ3n) is 10.1. The Labute approximate surface area is 294 Å². The highest BCUT2D eigenvalue weighted by Gasteiger charge is 2.50. The minimum atomic E-state index is -1.88. The molecule has 0 amide bonds. The molecule has 0 radical (unpaired) electrons. The second kappa shape index (κ2) is 15.6. The Morgan fingerprint density at radius 2 is 1.53 bits per heavy atom. The molecule has 1 heterocycles. The Balaban J connectivity index is 1.57. The van der Waals surface area contributed by atoms with Crippen molar-refractivity contribution < 1.29 is 28.5 Å². The fourth-order valence-corrected chi connectivity index (χ4v) is 7.38. The number of rotatable bonds is 12. The van der Waals surface area contributed by atoms with Crippen LogP contribution < -0.4 is 4.74 Å². The maximum atomic E-state index is 14.9. The highest BCUT2D eigenvalue weighted by molar-refractivity contribution is 6.29. The normalized spacial score (nSPS) is 19.0. The summed E-state index contributed by atoms with van der Waals surface area (Å²) in [6, 6.07) is 28.9.